The second-order valence-corrected chi connectivity index (χ2v) is 5.87. The second kappa shape index (κ2) is 7.24. The molecule has 0 saturated heterocycles. The Morgan fingerprint density at radius 1 is 1.33 bits per heavy atom. The van der Waals surface area contributed by atoms with Crippen LogP contribution in [-0.2, 0) is 6.42 Å². The lowest BCUT2D eigenvalue weighted by Gasteiger charge is -2.04. The Morgan fingerprint density at radius 3 is 2.92 bits per heavy atom. The highest BCUT2D eigenvalue weighted by Crippen LogP contribution is 2.24. The summed E-state index contributed by atoms with van der Waals surface area (Å²) in [7, 11) is 0. The molecule has 3 rings (SSSR count). The van der Waals surface area contributed by atoms with E-state index in [2.05, 4.69) is 36.2 Å². The molecule has 1 N–H and O–H groups in total. The maximum absolute atomic E-state index is 13.4. The first-order chi connectivity index (χ1) is 11.6. The standard InChI is InChI=1S/C13H10BrClFN5O3/c14-8-6-7(3-4-9(8)16)21-12(20-23-13(21)22)11-10(18-24-19-11)2-1-5-17-15/h3-4,6,17H,1-2,5H2. The first-order valence-electron chi connectivity index (χ1n) is 6.81. The van der Waals surface area contributed by atoms with Crippen LogP contribution >= 0.6 is 27.7 Å². The molecule has 0 atom stereocenters. The zero-order chi connectivity index (χ0) is 17.1. The Balaban J connectivity index is 2.04. The highest BCUT2D eigenvalue weighted by molar-refractivity contribution is 9.10. The van der Waals surface area contributed by atoms with E-state index in [-0.39, 0.29) is 16.0 Å². The number of halogens is 3. The third kappa shape index (κ3) is 3.25. The van der Waals surface area contributed by atoms with Crippen molar-refractivity contribution in [3.8, 4) is 17.2 Å². The van der Waals surface area contributed by atoms with Gasteiger partial charge in [0.05, 0.1) is 10.2 Å². The van der Waals surface area contributed by atoms with Crippen LogP contribution < -0.4 is 10.6 Å². The summed E-state index contributed by atoms with van der Waals surface area (Å²) in [6.07, 6.45) is 1.18. The van der Waals surface area contributed by atoms with Gasteiger partial charge in [-0.3, -0.25) is 4.52 Å². The van der Waals surface area contributed by atoms with Crippen LogP contribution in [0.25, 0.3) is 17.2 Å². The quantitative estimate of drug-likeness (QED) is 0.485. The van der Waals surface area contributed by atoms with Gasteiger partial charge in [0.25, 0.3) is 0 Å². The fraction of sp³-hybridized carbons (Fsp3) is 0.231. The summed E-state index contributed by atoms with van der Waals surface area (Å²) in [5, 5.41) is 11.4. The number of hydrogen-bond acceptors (Lipinski definition) is 7. The van der Waals surface area contributed by atoms with Gasteiger partial charge in [-0.2, -0.15) is 0 Å². The van der Waals surface area contributed by atoms with E-state index in [9.17, 15) is 9.18 Å². The predicted molar refractivity (Wildman–Crippen MR) is 85.2 cm³/mol. The van der Waals surface area contributed by atoms with Crippen molar-refractivity contribution in [2.45, 2.75) is 12.8 Å². The fourth-order valence-electron chi connectivity index (χ4n) is 2.11. The molecule has 1 aromatic carbocycles. The molecule has 24 heavy (non-hydrogen) atoms. The molecule has 0 spiro atoms. The minimum atomic E-state index is -0.736. The highest BCUT2D eigenvalue weighted by atomic mass is 79.9. The maximum Gasteiger partial charge on any atom is 0.446 e. The number of rotatable bonds is 6. The monoisotopic (exact) mass is 417 g/mol. The molecule has 0 saturated carbocycles. The van der Waals surface area contributed by atoms with E-state index < -0.39 is 11.6 Å². The molecular weight excluding hydrogens is 409 g/mol. The van der Waals surface area contributed by atoms with Crippen molar-refractivity contribution in [3.05, 3.63) is 44.7 Å². The Morgan fingerprint density at radius 2 is 2.17 bits per heavy atom. The Kier molecular flexibility index (Phi) is 5.07. The van der Waals surface area contributed by atoms with E-state index in [1.54, 1.807) is 0 Å². The predicted octanol–water partition coefficient (Wildman–Crippen LogP) is 2.45. The molecule has 0 aliphatic heterocycles. The number of nitrogens with one attached hydrogen (secondary N) is 1. The van der Waals surface area contributed by atoms with Crippen molar-refractivity contribution in [3.63, 3.8) is 0 Å². The number of nitrogens with zero attached hydrogens (tertiary/aromatic N) is 4. The minimum Gasteiger partial charge on any atom is -0.295 e. The lowest BCUT2D eigenvalue weighted by atomic mass is 10.2. The SMILES string of the molecule is O=c1onc(-c2nonc2CCCNCl)n1-c1ccc(F)c(Br)c1. The van der Waals surface area contributed by atoms with Gasteiger partial charge in [-0.1, -0.05) is 10.3 Å². The Bertz CT molecular complexity index is 909. The zero-order valence-electron chi connectivity index (χ0n) is 12.0. The minimum absolute atomic E-state index is 0.119. The normalized spacial score (nSPS) is 11.1. The van der Waals surface area contributed by atoms with E-state index in [4.69, 9.17) is 20.9 Å². The molecule has 126 valence electrons. The molecule has 0 fully saturated rings. The van der Waals surface area contributed by atoms with Crippen molar-refractivity contribution in [1.82, 2.24) is 24.9 Å². The summed E-state index contributed by atoms with van der Waals surface area (Å²) in [5.41, 5.74) is 1.14. The van der Waals surface area contributed by atoms with Crippen LogP contribution in [-0.4, -0.2) is 26.6 Å². The van der Waals surface area contributed by atoms with Crippen molar-refractivity contribution in [1.29, 1.82) is 0 Å². The van der Waals surface area contributed by atoms with Gasteiger partial charge >= 0.3 is 5.76 Å². The van der Waals surface area contributed by atoms with Crippen LogP contribution in [0.4, 0.5) is 4.39 Å². The van der Waals surface area contributed by atoms with Crippen molar-refractivity contribution >= 4 is 27.7 Å². The van der Waals surface area contributed by atoms with E-state index in [0.717, 1.165) is 4.57 Å². The summed E-state index contributed by atoms with van der Waals surface area (Å²) in [4.78, 5) is 14.5. The smallest absolute Gasteiger partial charge is 0.295 e. The average molecular weight is 419 g/mol. The van der Waals surface area contributed by atoms with Crippen molar-refractivity contribution in [2.24, 2.45) is 0 Å². The van der Waals surface area contributed by atoms with Crippen LogP contribution in [0.2, 0.25) is 0 Å². The van der Waals surface area contributed by atoms with Crippen LogP contribution in [0.1, 0.15) is 12.1 Å². The van der Waals surface area contributed by atoms with Gasteiger partial charge in [-0.15, -0.1) is 0 Å². The number of aromatic nitrogens is 4. The number of benzene rings is 1. The van der Waals surface area contributed by atoms with E-state index in [1.165, 1.54) is 18.2 Å². The fourth-order valence-corrected chi connectivity index (χ4v) is 2.61. The van der Waals surface area contributed by atoms with Gasteiger partial charge < -0.3 is 0 Å². The zero-order valence-corrected chi connectivity index (χ0v) is 14.3. The molecule has 0 radical (unpaired) electrons. The highest BCUT2D eigenvalue weighted by Gasteiger charge is 2.22. The lowest BCUT2D eigenvalue weighted by Crippen LogP contribution is -2.14. The molecule has 8 nitrogen and oxygen atoms in total. The topological polar surface area (TPSA) is 99.0 Å². The Labute approximate surface area is 147 Å². The third-order valence-corrected chi connectivity index (χ3v) is 4.02. The van der Waals surface area contributed by atoms with E-state index in [0.29, 0.717) is 30.8 Å². The molecule has 0 unspecified atom stereocenters. The maximum atomic E-state index is 13.4. The van der Waals surface area contributed by atoms with Gasteiger partial charge in [0.1, 0.15) is 11.5 Å². The van der Waals surface area contributed by atoms with Crippen molar-refractivity contribution in [2.75, 3.05) is 6.54 Å². The van der Waals surface area contributed by atoms with Crippen LogP contribution in [0.5, 0.6) is 0 Å². The summed E-state index contributed by atoms with van der Waals surface area (Å²) in [6, 6.07) is 4.07. The van der Waals surface area contributed by atoms with E-state index >= 15 is 0 Å². The van der Waals surface area contributed by atoms with Crippen molar-refractivity contribution < 1.29 is 13.5 Å². The summed E-state index contributed by atoms with van der Waals surface area (Å²) in [5.74, 6) is -1.07. The van der Waals surface area contributed by atoms with Gasteiger partial charge in [0.2, 0.25) is 5.82 Å². The lowest BCUT2D eigenvalue weighted by molar-refractivity contribution is 0.303. The molecule has 2 heterocycles. The molecule has 0 aliphatic carbocycles. The summed E-state index contributed by atoms with van der Waals surface area (Å²) in [6.45, 7) is 0.560. The summed E-state index contributed by atoms with van der Waals surface area (Å²) >= 11 is 8.50. The molecule has 3 aromatic rings. The van der Waals surface area contributed by atoms with Crippen LogP contribution in [0.3, 0.4) is 0 Å². The van der Waals surface area contributed by atoms with Gasteiger partial charge in [0, 0.05) is 6.54 Å². The number of hydrogen-bond donors (Lipinski definition) is 1. The van der Waals surface area contributed by atoms with Crippen LogP contribution in [0, 0.1) is 5.82 Å². The van der Waals surface area contributed by atoms with E-state index in [1.807, 2.05) is 0 Å². The largest absolute Gasteiger partial charge is 0.446 e. The Hall–Kier alpha value is -2.04. The molecule has 0 bridgehead atoms. The second-order valence-electron chi connectivity index (χ2n) is 4.75. The number of aryl methyl sites for hydroxylation is 1. The average Bonchev–Trinajstić information content (AvgIpc) is 3.17. The molecule has 11 heteroatoms. The van der Waals surface area contributed by atoms with Crippen LogP contribution in [0.15, 0.2) is 36.6 Å². The summed E-state index contributed by atoms with van der Waals surface area (Å²) < 4.78 is 24.3. The van der Waals surface area contributed by atoms with Gasteiger partial charge in [-0.25, -0.2) is 23.2 Å². The van der Waals surface area contributed by atoms with Gasteiger partial charge in [-0.05, 0) is 63.9 Å². The molecule has 0 aliphatic rings. The van der Waals surface area contributed by atoms with Gasteiger partial charge in [0.15, 0.2) is 5.69 Å². The molecular formula is C13H10BrClFN5O3. The first-order valence-corrected chi connectivity index (χ1v) is 7.98. The third-order valence-electron chi connectivity index (χ3n) is 3.22. The molecule has 2 aromatic heterocycles. The molecule has 0 amide bonds. The first kappa shape index (κ1) is 16.8.